The number of rotatable bonds is 8. The lowest BCUT2D eigenvalue weighted by molar-refractivity contribution is 0.0746. The van der Waals surface area contributed by atoms with Crippen molar-refractivity contribution in [2.24, 2.45) is 0 Å². The number of piperazine rings is 1. The van der Waals surface area contributed by atoms with Crippen molar-refractivity contribution in [3.8, 4) is 22.6 Å². The number of hydrogen-bond acceptors (Lipinski definition) is 4. The zero-order chi connectivity index (χ0) is 26.3. The first-order chi connectivity index (χ1) is 18.6. The Labute approximate surface area is 223 Å². The monoisotopic (exact) mass is 510 g/mol. The number of amides is 1. The molecule has 0 saturated carbocycles. The highest BCUT2D eigenvalue weighted by atomic mass is 19.1. The number of anilines is 1. The van der Waals surface area contributed by atoms with Crippen LogP contribution in [-0.4, -0.2) is 43.6 Å². The van der Waals surface area contributed by atoms with E-state index in [4.69, 9.17) is 9.47 Å². The van der Waals surface area contributed by atoms with E-state index < -0.39 is 0 Å². The Morgan fingerprint density at radius 3 is 2.18 bits per heavy atom. The van der Waals surface area contributed by atoms with Gasteiger partial charge in [-0.25, -0.2) is 4.39 Å². The zero-order valence-corrected chi connectivity index (χ0v) is 21.5. The topological polar surface area (TPSA) is 42.0 Å². The van der Waals surface area contributed by atoms with E-state index >= 15 is 0 Å². The molecule has 1 amide bonds. The van der Waals surface area contributed by atoms with Crippen LogP contribution in [0.3, 0.4) is 0 Å². The minimum atomic E-state index is -0.238. The third kappa shape index (κ3) is 5.80. The van der Waals surface area contributed by atoms with Crippen molar-refractivity contribution in [1.82, 2.24) is 4.90 Å². The van der Waals surface area contributed by atoms with Crippen molar-refractivity contribution in [3.63, 3.8) is 0 Å². The lowest BCUT2D eigenvalue weighted by Gasteiger charge is -2.36. The molecule has 0 unspecified atom stereocenters. The molecule has 0 bridgehead atoms. The lowest BCUT2D eigenvalue weighted by atomic mass is 10.1. The van der Waals surface area contributed by atoms with Gasteiger partial charge in [-0.05, 0) is 60.5 Å². The summed E-state index contributed by atoms with van der Waals surface area (Å²) in [6.45, 7) is 4.95. The van der Waals surface area contributed by atoms with Crippen LogP contribution >= 0.6 is 0 Å². The van der Waals surface area contributed by atoms with Crippen molar-refractivity contribution < 1.29 is 18.7 Å². The van der Waals surface area contributed by atoms with E-state index in [0.717, 1.165) is 22.4 Å². The Kier molecular flexibility index (Phi) is 7.88. The van der Waals surface area contributed by atoms with Crippen LogP contribution in [0.5, 0.6) is 11.5 Å². The second kappa shape index (κ2) is 11.8. The Hall–Kier alpha value is -4.32. The van der Waals surface area contributed by atoms with Crippen molar-refractivity contribution in [3.05, 3.63) is 114 Å². The summed E-state index contributed by atoms with van der Waals surface area (Å²) in [6.07, 6.45) is 0. The van der Waals surface area contributed by atoms with Gasteiger partial charge in [0.2, 0.25) is 0 Å². The molecule has 5 nitrogen and oxygen atoms in total. The van der Waals surface area contributed by atoms with Crippen molar-refractivity contribution in [2.45, 2.75) is 13.5 Å². The van der Waals surface area contributed by atoms with Gasteiger partial charge in [0.05, 0.1) is 12.3 Å². The van der Waals surface area contributed by atoms with Gasteiger partial charge in [0.1, 0.15) is 23.9 Å². The average Bonchev–Trinajstić information content (AvgIpc) is 2.97. The minimum Gasteiger partial charge on any atom is -0.493 e. The van der Waals surface area contributed by atoms with Gasteiger partial charge in [-0.15, -0.1) is 0 Å². The number of halogens is 1. The highest BCUT2D eigenvalue weighted by Gasteiger charge is 2.24. The standard InChI is InChI=1S/C32H31FN2O3/c1-2-37-31-17-14-26(32(36)35-20-18-34(19-21-35)30-11-7-6-10-29(30)33)22-27(31)23-38-28-15-12-25(13-16-28)24-8-4-3-5-9-24/h3-17,22H,2,18-21,23H2,1H3. The number of benzene rings is 4. The Balaban J connectivity index is 1.25. The van der Waals surface area contributed by atoms with Crippen molar-refractivity contribution in [1.29, 1.82) is 0 Å². The van der Waals surface area contributed by atoms with Gasteiger partial charge in [-0.3, -0.25) is 4.79 Å². The number of carbonyl (C=O) groups is 1. The molecule has 1 heterocycles. The second-order valence-electron chi connectivity index (χ2n) is 9.17. The van der Waals surface area contributed by atoms with Gasteiger partial charge < -0.3 is 19.3 Å². The molecule has 1 aliphatic rings. The van der Waals surface area contributed by atoms with Crippen LogP contribution in [0.1, 0.15) is 22.8 Å². The van der Waals surface area contributed by atoms with Crippen LogP contribution in [0.4, 0.5) is 10.1 Å². The van der Waals surface area contributed by atoms with E-state index in [1.807, 2.05) is 77.4 Å². The number of ether oxygens (including phenoxy) is 2. The van der Waals surface area contributed by atoms with E-state index in [9.17, 15) is 9.18 Å². The smallest absolute Gasteiger partial charge is 0.253 e. The molecular formula is C32H31FN2O3. The van der Waals surface area contributed by atoms with Gasteiger partial charge in [-0.2, -0.15) is 0 Å². The van der Waals surface area contributed by atoms with E-state index in [1.165, 1.54) is 6.07 Å². The largest absolute Gasteiger partial charge is 0.493 e. The molecule has 0 spiro atoms. The summed E-state index contributed by atoms with van der Waals surface area (Å²) in [5.41, 5.74) is 4.26. The lowest BCUT2D eigenvalue weighted by Crippen LogP contribution is -2.49. The highest BCUT2D eigenvalue weighted by Crippen LogP contribution is 2.26. The Morgan fingerprint density at radius 1 is 0.789 bits per heavy atom. The highest BCUT2D eigenvalue weighted by molar-refractivity contribution is 5.94. The summed E-state index contributed by atoms with van der Waals surface area (Å²) < 4.78 is 26.1. The van der Waals surface area contributed by atoms with Crippen LogP contribution in [0.2, 0.25) is 0 Å². The molecule has 0 N–H and O–H groups in total. The Bertz CT molecular complexity index is 1370. The van der Waals surface area contributed by atoms with Crippen LogP contribution in [0.25, 0.3) is 11.1 Å². The van der Waals surface area contributed by atoms with Gasteiger partial charge in [0.25, 0.3) is 5.91 Å². The molecule has 0 atom stereocenters. The van der Waals surface area contributed by atoms with Crippen molar-refractivity contribution in [2.75, 3.05) is 37.7 Å². The minimum absolute atomic E-state index is 0.0466. The summed E-state index contributed by atoms with van der Waals surface area (Å²) in [5.74, 6) is 1.16. The maximum atomic E-state index is 14.2. The normalized spacial score (nSPS) is 13.3. The van der Waals surface area contributed by atoms with E-state index in [0.29, 0.717) is 49.8 Å². The maximum absolute atomic E-state index is 14.2. The van der Waals surface area contributed by atoms with Gasteiger partial charge in [0, 0.05) is 37.3 Å². The molecule has 194 valence electrons. The van der Waals surface area contributed by atoms with Crippen LogP contribution < -0.4 is 14.4 Å². The molecule has 0 aromatic heterocycles. The fourth-order valence-electron chi connectivity index (χ4n) is 4.70. The molecule has 5 rings (SSSR count). The average molecular weight is 511 g/mol. The number of nitrogens with zero attached hydrogens (tertiary/aromatic N) is 2. The Morgan fingerprint density at radius 2 is 1.47 bits per heavy atom. The molecule has 1 fully saturated rings. The fraction of sp³-hybridized carbons (Fsp3) is 0.219. The molecule has 0 radical (unpaired) electrons. The quantitative estimate of drug-likeness (QED) is 0.274. The zero-order valence-electron chi connectivity index (χ0n) is 21.5. The van der Waals surface area contributed by atoms with E-state index in [1.54, 1.807) is 18.2 Å². The second-order valence-corrected chi connectivity index (χ2v) is 9.17. The predicted molar refractivity (Wildman–Crippen MR) is 148 cm³/mol. The van der Waals surface area contributed by atoms with Gasteiger partial charge >= 0.3 is 0 Å². The fourth-order valence-corrected chi connectivity index (χ4v) is 4.70. The van der Waals surface area contributed by atoms with Crippen molar-refractivity contribution >= 4 is 11.6 Å². The molecule has 38 heavy (non-hydrogen) atoms. The molecule has 1 saturated heterocycles. The summed E-state index contributed by atoms with van der Waals surface area (Å²) in [4.78, 5) is 17.1. The first kappa shape index (κ1) is 25.3. The molecule has 4 aromatic carbocycles. The summed E-state index contributed by atoms with van der Waals surface area (Å²) in [5, 5.41) is 0. The first-order valence-electron chi connectivity index (χ1n) is 12.9. The van der Waals surface area contributed by atoms with Gasteiger partial charge in [-0.1, -0.05) is 54.6 Å². The van der Waals surface area contributed by atoms with E-state index in [2.05, 4.69) is 12.1 Å². The van der Waals surface area contributed by atoms with Crippen LogP contribution in [0.15, 0.2) is 97.1 Å². The number of para-hydroxylation sites is 1. The molecular weight excluding hydrogens is 479 g/mol. The van der Waals surface area contributed by atoms with Crippen LogP contribution in [-0.2, 0) is 6.61 Å². The number of hydrogen-bond donors (Lipinski definition) is 0. The first-order valence-corrected chi connectivity index (χ1v) is 12.9. The third-order valence-corrected chi connectivity index (χ3v) is 6.72. The van der Waals surface area contributed by atoms with Crippen LogP contribution in [0, 0.1) is 5.82 Å². The molecule has 4 aromatic rings. The summed E-state index contributed by atoms with van der Waals surface area (Å²) in [6, 6.07) is 30.4. The molecule has 1 aliphatic heterocycles. The molecule has 0 aliphatic carbocycles. The summed E-state index contributed by atoms with van der Waals surface area (Å²) >= 11 is 0. The molecule has 6 heteroatoms. The number of carbonyl (C=O) groups excluding carboxylic acids is 1. The SMILES string of the molecule is CCOc1ccc(C(=O)N2CCN(c3ccccc3F)CC2)cc1COc1ccc(-c2ccccc2)cc1. The third-order valence-electron chi connectivity index (χ3n) is 6.72. The maximum Gasteiger partial charge on any atom is 0.253 e. The van der Waals surface area contributed by atoms with E-state index in [-0.39, 0.29) is 18.3 Å². The summed E-state index contributed by atoms with van der Waals surface area (Å²) in [7, 11) is 0. The van der Waals surface area contributed by atoms with Gasteiger partial charge in [0.15, 0.2) is 0 Å². The predicted octanol–water partition coefficient (Wildman–Crippen LogP) is 6.43.